The third kappa shape index (κ3) is 1.31. The average Bonchev–Trinajstić information content (AvgIpc) is 2.86. The van der Waals surface area contributed by atoms with Crippen molar-refractivity contribution in [2.75, 3.05) is 0 Å². The Kier molecular flexibility index (Phi) is 1.78. The van der Waals surface area contributed by atoms with E-state index < -0.39 is 0 Å². The molecular weight excluding hydrogens is 190 g/mol. The lowest BCUT2D eigenvalue weighted by atomic mass is 9.97. The van der Waals surface area contributed by atoms with Crippen LogP contribution >= 0.6 is 0 Å². The van der Waals surface area contributed by atoms with Crippen LogP contribution in [0.1, 0.15) is 29.0 Å². The van der Waals surface area contributed by atoms with Crippen LogP contribution in [-0.4, -0.2) is 10.4 Å². The lowest BCUT2D eigenvalue weighted by molar-refractivity contribution is 0.0969. The molecule has 0 bridgehead atoms. The van der Waals surface area contributed by atoms with E-state index in [9.17, 15) is 4.79 Å². The van der Waals surface area contributed by atoms with Crippen LogP contribution in [0.15, 0.2) is 35.0 Å². The molecule has 0 saturated heterocycles. The van der Waals surface area contributed by atoms with E-state index in [4.69, 9.17) is 4.42 Å². The summed E-state index contributed by atoms with van der Waals surface area (Å²) < 4.78 is 7.54. The second kappa shape index (κ2) is 3.12. The quantitative estimate of drug-likeness (QED) is 0.710. The molecule has 15 heavy (non-hydrogen) atoms. The highest BCUT2D eigenvalue weighted by atomic mass is 16.4. The number of nitrogens with zero attached hydrogens (tertiary/aromatic N) is 1. The second-order valence-corrected chi connectivity index (χ2v) is 3.79. The lowest BCUT2D eigenvalue weighted by Crippen LogP contribution is -2.07. The van der Waals surface area contributed by atoms with E-state index in [2.05, 4.69) is 0 Å². The molecule has 0 radical (unpaired) electrons. The fourth-order valence-electron chi connectivity index (χ4n) is 1.99. The van der Waals surface area contributed by atoms with Crippen LogP contribution in [0.3, 0.4) is 0 Å². The first kappa shape index (κ1) is 8.53. The number of Topliss-reactive ketones (excluding diaryl/α,β-unsaturated/α-hetero) is 1. The summed E-state index contributed by atoms with van der Waals surface area (Å²) in [5.74, 6) is 1.79. The molecule has 3 rings (SSSR count). The van der Waals surface area contributed by atoms with Gasteiger partial charge in [0.05, 0.1) is 5.56 Å². The molecule has 1 aliphatic rings. The van der Waals surface area contributed by atoms with E-state index in [1.54, 1.807) is 0 Å². The van der Waals surface area contributed by atoms with Gasteiger partial charge in [-0.25, -0.2) is 0 Å². The van der Waals surface area contributed by atoms with Gasteiger partial charge in [-0.1, -0.05) is 0 Å². The number of aryl methyl sites for hydroxylation is 1. The third-order valence-electron chi connectivity index (χ3n) is 2.76. The number of hydrogen-bond acceptors (Lipinski definition) is 2. The molecule has 0 fully saturated rings. The van der Waals surface area contributed by atoms with Crippen molar-refractivity contribution >= 4 is 5.78 Å². The maximum absolute atomic E-state index is 11.6. The zero-order chi connectivity index (χ0) is 10.3. The van der Waals surface area contributed by atoms with Crippen molar-refractivity contribution in [2.24, 2.45) is 0 Å². The second-order valence-electron chi connectivity index (χ2n) is 3.79. The van der Waals surface area contributed by atoms with Crippen molar-refractivity contribution in [2.45, 2.75) is 19.3 Å². The maximum atomic E-state index is 11.6. The predicted molar refractivity (Wildman–Crippen MR) is 55.3 cm³/mol. The van der Waals surface area contributed by atoms with E-state index in [-0.39, 0.29) is 5.78 Å². The molecule has 3 heteroatoms. The third-order valence-corrected chi connectivity index (χ3v) is 2.76. The minimum atomic E-state index is 0.207. The van der Waals surface area contributed by atoms with Gasteiger partial charge in [-0.15, -0.1) is 0 Å². The SMILES string of the molecule is O=C1CCCc2oc(-n3cccc3)cc21. The van der Waals surface area contributed by atoms with Crippen LogP contribution < -0.4 is 0 Å². The first-order valence-corrected chi connectivity index (χ1v) is 5.14. The Bertz CT molecular complexity index is 494. The van der Waals surface area contributed by atoms with E-state index in [0.29, 0.717) is 6.42 Å². The van der Waals surface area contributed by atoms with Crippen LogP contribution in [0.25, 0.3) is 5.88 Å². The molecule has 2 aromatic heterocycles. The summed E-state index contributed by atoms with van der Waals surface area (Å²) in [5, 5.41) is 0. The van der Waals surface area contributed by atoms with Gasteiger partial charge in [0.1, 0.15) is 5.76 Å². The van der Waals surface area contributed by atoms with Crippen LogP contribution in [0, 0.1) is 0 Å². The van der Waals surface area contributed by atoms with Gasteiger partial charge in [-0.3, -0.25) is 9.36 Å². The lowest BCUT2D eigenvalue weighted by Gasteiger charge is -2.06. The minimum Gasteiger partial charge on any atom is -0.444 e. The summed E-state index contributed by atoms with van der Waals surface area (Å²) in [6, 6.07) is 5.71. The van der Waals surface area contributed by atoms with Gasteiger partial charge in [0, 0.05) is 31.3 Å². The summed E-state index contributed by atoms with van der Waals surface area (Å²) in [6.45, 7) is 0. The molecule has 0 spiro atoms. The van der Waals surface area contributed by atoms with E-state index in [0.717, 1.165) is 30.0 Å². The van der Waals surface area contributed by atoms with Crippen molar-refractivity contribution in [3.8, 4) is 5.88 Å². The van der Waals surface area contributed by atoms with Gasteiger partial charge in [0.15, 0.2) is 5.78 Å². The van der Waals surface area contributed by atoms with E-state index >= 15 is 0 Å². The first-order valence-electron chi connectivity index (χ1n) is 5.14. The van der Waals surface area contributed by atoms with Gasteiger partial charge >= 0.3 is 0 Å². The summed E-state index contributed by atoms with van der Waals surface area (Å²) >= 11 is 0. The van der Waals surface area contributed by atoms with Crippen molar-refractivity contribution in [1.82, 2.24) is 4.57 Å². The highest BCUT2D eigenvalue weighted by Gasteiger charge is 2.22. The maximum Gasteiger partial charge on any atom is 0.204 e. The number of furan rings is 1. The molecule has 0 saturated carbocycles. The standard InChI is InChI=1S/C12H11NO2/c14-10-4-3-5-11-9(10)8-12(15-11)13-6-1-2-7-13/h1-2,6-8H,3-5H2. The zero-order valence-corrected chi connectivity index (χ0v) is 8.27. The molecule has 0 N–H and O–H groups in total. The molecule has 3 nitrogen and oxygen atoms in total. The van der Waals surface area contributed by atoms with E-state index in [1.807, 2.05) is 35.2 Å². The Balaban J connectivity index is 2.09. The summed E-state index contributed by atoms with van der Waals surface area (Å²) in [4.78, 5) is 11.6. The number of carbonyl (C=O) groups is 1. The number of rotatable bonds is 1. The van der Waals surface area contributed by atoms with Crippen molar-refractivity contribution in [1.29, 1.82) is 0 Å². The monoisotopic (exact) mass is 201 g/mol. The highest BCUT2D eigenvalue weighted by molar-refractivity contribution is 5.98. The molecular formula is C12H11NO2. The molecule has 0 unspecified atom stereocenters. The van der Waals surface area contributed by atoms with Gasteiger partial charge in [0.25, 0.3) is 0 Å². The molecule has 0 amide bonds. The zero-order valence-electron chi connectivity index (χ0n) is 8.27. The summed E-state index contributed by atoms with van der Waals surface area (Å²) in [6.07, 6.45) is 6.26. The molecule has 76 valence electrons. The Labute approximate surface area is 87.3 Å². The summed E-state index contributed by atoms with van der Waals surface area (Å²) in [7, 11) is 0. The topological polar surface area (TPSA) is 35.1 Å². The van der Waals surface area contributed by atoms with Crippen LogP contribution in [0.5, 0.6) is 0 Å². The summed E-state index contributed by atoms with van der Waals surface area (Å²) in [5.41, 5.74) is 0.768. The predicted octanol–water partition coefficient (Wildman–Crippen LogP) is 2.59. The number of hydrogen-bond donors (Lipinski definition) is 0. The first-order chi connectivity index (χ1) is 7.34. The Morgan fingerprint density at radius 2 is 2.00 bits per heavy atom. The molecule has 1 aliphatic carbocycles. The van der Waals surface area contributed by atoms with Crippen molar-refractivity contribution in [3.63, 3.8) is 0 Å². The largest absolute Gasteiger partial charge is 0.444 e. The Morgan fingerprint density at radius 1 is 1.20 bits per heavy atom. The smallest absolute Gasteiger partial charge is 0.204 e. The van der Waals surface area contributed by atoms with Gasteiger partial charge in [0.2, 0.25) is 5.88 Å². The normalized spacial score (nSPS) is 15.3. The van der Waals surface area contributed by atoms with Crippen LogP contribution in [0.4, 0.5) is 0 Å². The van der Waals surface area contributed by atoms with Gasteiger partial charge in [-0.2, -0.15) is 0 Å². The fourth-order valence-corrected chi connectivity index (χ4v) is 1.99. The van der Waals surface area contributed by atoms with Gasteiger partial charge in [-0.05, 0) is 18.6 Å². The number of fused-ring (bicyclic) bond motifs is 1. The van der Waals surface area contributed by atoms with Crippen molar-refractivity contribution < 1.29 is 9.21 Å². The molecule has 0 aromatic carbocycles. The number of ketones is 1. The van der Waals surface area contributed by atoms with Crippen LogP contribution in [-0.2, 0) is 6.42 Å². The fraction of sp³-hybridized carbons (Fsp3) is 0.250. The number of aromatic nitrogens is 1. The average molecular weight is 201 g/mol. The number of carbonyl (C=O) groups excluding carboxylic acids is 1. The van der Waals surface area contributed by atoms with E-state index in [1.165, 1.54) is 0 Å². The minimum absolute atomic E-state index is 0.207. The Morgan fingerprint density at radius 3 is 2.73 bits per heavy atom. The highest BCUT2D eigenvalue weighted by Crippen LogP contribution is 2.26. The van der Waals surface area contributed by atoms with Crippen LogP contribution in [0.2, 0.25) is 0 Å². The molecule has 0 aliphatic heterocycles. The van der Waals surface area contributed by atoms with Crippen molar-refractivity contribution in [3.05, 3.63) is 41.9 Å². The molecule has 0 atom stereocenters. The van der Waals surface area contributed by atoms with Gasteiger partial charge < -0.3 is 4.42 Å². The molecule has 2 heterocycles. The molecule has 2 aromatic rings. The Hall–Kier alpha value is -1.77.